The van der Waals surface area contributed by atoms with Crippen molar-refractivity contribution < 1.29 is 9.53 Å². The highest BCUT2D eigenvalue weighted by Gasteiger charge is 2.24. The van der Waals surface area contributed by atoms with E-state index in [4.69, 9.17) is 4.74 Å². The molecule has 1 aliphatic rings. The molecule has 1 rings (SSSR count). The number of halogens is 1. The SMILES string of the molecule is CC(C)(C)OCC(=O)N1CCCC(CCBr)C1. The number of nitrogens with zero attached hydrogens (tertiary/aromatic N) is 1. The highest BCUT2D eigenvalue weighted by molar-refractivity contribution is 9.09. The first-order valence-corrected chi connectivity index (χ1v) is 7.52. The van der Waals surface area contributed by atoms with Gasteiger partial charge in [-0.1, -0.05) is 15.9 Å². The van der Waals surface area contributed by atoms with Gasteiger partial charge in [-0.3, -0.25) is 4.79 Å². The lowest BCUT2D eigenvalue weighted by Crippen LogP contribution is -2.42. The molecule has 0 spiro atoms. The van der Waals surface area contributed by atoms with Crippen LogP contribution in [-0.2, 0) is 9.53 Å². The Morgan fingerprint density at radius 3 is 2.76 bits per heavy atom. The van der Waals surface area contributed by atoms with Gasteiger partial charge in [0.25, 0.3) is 0 Å². The van der Waals surface area contributed by atoms with Crippen molar-refractivity contribution >= 4 is 21.8 Å². The number of carbonyl (C=O) groups excluding carboxylic acids is 1. The molecule has 1 unspecified atom stereocenters. The molecule has 3 nitrogen and oxygen atoms in total. The van der Waals surface area contributed by atoms with E-state index in [1.54, 1.807) is 0 Å². The fourth-order valence-corrected chi connectivity index (χ4v) is 2.70. The van der Waals surface area contributed by atoms with E-state index in [1.807, 2.05) is 25.7 Å². The Kier molecular flexibility index (Phi) is 5.93. The second-order valence-electron chi connectivity index (χ2n) is 5.73. The Hall–Kier alpha value is -0.0900. The van der Waals surface area contributed by atoms with Crippen LogP contribution in [0.15, 0.2) is 0 Å². The van der Waals surface area contributed by atoms with Gasteiger partial charge in [0.15, 0.2) is 0 Å². The fraction of sp³-hybridized carbons (Fsp3) is 0.923. The zero-order chi connectivity index (χ0) is 12.9. The molecule has 1 atom stereocenters. The predicted molar refractivity (Wildman–Crippen MR) is 73.4 cm³/mol. The summed E-state index contributed by atoms with van der Waals surface area (Å²) in [4.78, 5) is 13.9. The number of amides is 1. The standard InChI is InChI=1S/C13H24BrNO2/c1-13(2,3)17-10-12(16)15-8-4-5-11(9-15)6-7-14/h11H,4-10H2,1-3H3. The van der Waals surface area contributed by atoms with Crippen LogP contribution >= 0.6 is 15.9 Å². The first-order chi connectivity index (χ1) is 7.92. The molecule has 17 heavy (non-hydrogen) atoms. The molecular weight excluding hydrogens is 282 g/mol. The average molecular weight is 306 g/mol. The lowest BCUT2D eigenvalue weighted by atomic mass is 9.96. The summed E-state index contributed by atoms with van der Waals surface area (Å²) in [7, 11) is 0. The van der Waals surface area contributed by atoms with Crippen molar-refractivity contribution in [2.75, 3.05) is 25.0 Å². The number of hydrogen-bond donors (Lipinski definition) is 0. The molecule has 0 aromatic heterocycles. The van der Waals surface area contributed by atoms with Crippen molar-refractivity contribution in [1.82, 2.24) is 4.90 Å². The summed E-state index contributed by atoms with van der Waals surface area (Å²) < 4.78 is 5.54. The van der Waals surface area contributed by atoms with E-state index >= 15 is 0 Å². The van der Waals surface area contributed by atoms with Crippen molar-refractivity contribution in [3.8, 4) is 0 Å². The Labute approximate surface area is 113 Å². The van der Waals surface area contributed by atoms with E-state index in [1.165, 1.54) is 6.42 Å². The van der Waals surface area contributed by atoms with Crippen LogP contribution in [-0.4, -0.2) is 41.4 Å². The third kappa shape index (κ3) is 5.87. The summed E-state index contributed by atoms with van der Waals surface area (Å²) in [6, 6.07) is 0. The normalized spacial score (nSPS) is 21.6. The molecule has 0 radical (unpaired) electrons. The summed E-state index contributed by atoms with van der Waals surface area (Å²) in [5.41, 5.74) is -0.235. The van der Waals surface area contributed by atoms with E-state index in [0.717, 1.165) is 31.3 Å². The van der Waals surface area contributed by atoms with Gasteiger partial charge in [0.05, 0.1) is 5.60 Å². The van der Waals surface area contributed by atoms with Gasteiger partial charge in [0.1, 0.15) is 6.61 Å². The van der Waals surface area contributed by atoms with Crippen LogP contribution in [0.4, 0.5) is 0 Å². The highest BCUT2D eigenvalue weighted by Crippen LogP contribution is 2.20. The number of hydrogen-bond acceptors (Lipinski definition) is 2. The molecule has 1 amide bonds. The minimum atomic E-state index is -0.235. The lowest BCUT2D eigenvalue weighted by molar-refractivity contribution is -0.142. The molecule has 4 heteroatoms. The third-order valence-corrected chi connectivity index (χ3v) is 3.48. The lowest BCUT2D eigenvalue weighted by Gasteiger charge is -2.33. The largest absolute Gasteiger partial charge is 0.366 e. The van der Waals surface area contributed by atoms with Crippen molar-refractivity contribution in [1.29, 1.82) is 0 Å². The molecule has 1 fully saturated rings. The summed E-state index contributed by atoms with van der Waals surface area (Å²) in [6.07, 6.45) is 3.53. The van der Waals surface area contributed by atoms with Gasteiger partial charge in [0.2, 0.25) is 5.91 Å². The quantitative estimate of drug-likeness (QED) is 0.748. The summed E-state index contributed by atoms with van der Waals surface area (Å²) in [5, 5.41) is 1.03. The van der Waals surface area contributed by atoms with Gasteiger partial charge >= 0.3 is 0 Å². The third-order valence-electron chi connectivity index (χ3n) is 3.02. The summed E-state index contributed by atoms with van der Waals surface area (Å²) in [6.45, 7) is 7.94. The predicted octanol–water partition coefficient (Wildman–Crippen LogP) is 2.83. The minimum Gasteiger partial charge on any atom is -0.366 e. The highest BCUT2D eigenvalue weighted by atomic mass is 79.9. The smallest absolute Gasteiger partial charge is 0.248 e. The van der Waals surface area contributed by atoms with Crippen LogP contribution in [0.5, 0.6) is 0 Å². The molecule has 0 saturated carbocycles. The molecule has 0 aromatic rings. The van der Waals surface area contributed by atoms with Crippen molar-refractivity contribution in [3.05, 3.63) is 0 Å². The van der Waals surface area contributed by atoms with Crippen LogP contribution in [0.3, 0.4) is 0 Å². The number of alkyl halides is 1. The van der Waals surface area contributed by atoms with Gasteiger partial charge in [-0.05, 0) is 46.0 Å². The molecule has 1 aliphatic heterocycles. The van der Waals surface area contributed by atoms with Crippen LogP contribution in [0.1, 0.15) is 40.0 Å². The monoisotopic (exact) mass is 305 g/mol. The van der Waals surface area contributed by atoms with E-state index in [-0.39, 0.29) is 18.1 Å². The molecule has 1 saturated heterocycles. The van der Waals surface area contributed by atoms with E-state index < -0.39 is 0 Å². The Bertz CT molecular complexity index is 248. The van der Waals surface area contributed by atoms with E-state index in [2.05, 4.69) is 15.9 Å². The van der Waals surface area contributed by atoms with Gasteiger partial charge in [-0.15, -0.1) is 0 Å². The molecule has 0 aliphatic carbocycles. The van der Waals surface area contributed by atoms with E-state index in [0.29, 0.717) is 5.92 Å². The Morgan fingerprint density at radius 2 is 2.18 bits per heavy atom. The van der Waals surface area contributed by atoms with E-state index in [9.17, 15) is 4.79 Å². The zero-order valence-corrected chi connectivity index (χ0v) is 12.8. The Balaban J connectivity index is 2.36. The van der Waals surface area contributed by atoms with Crippen LogP contribution in [0.2, 0.25) is 0 Å². The first kappa shape index (κ1) is 15.0. The number of likely N-dealkylation sites (tertiary alicyclic amines) is 1. The molecule has 0 aromatic carbocycles. The first-order valence-electron chi connectivity index (χ1n) is 6.40. The molecular formula is C13H24BrNO2. The summed E-state index contributed by atoms with van der Waals surface area (Å²) in [5.74, 6) is 0.793. The number of carbonyl (C=O) groups is 1. The summed E-state index contributed by atoms with van der Waals surface area (Å²) >= 11 is 3.47. The maximum Gasteiger partial charge on any atom is 0.248 e. The second-order valence-corrected chi connectivity index (χ2v) is 6.52. The van der Waals surface area contributed by atoms with Crippen molar-refractivity contribution in [2.24, 2.45) is 5.92 Å². The zero-order valence-electron chi connectivity index (χ0n) is 11.2. The molecule has 0 bridgehead atoms. The maximum atomic E-state index is 12.0. The molecule has 1 heterocycles. The van der Waals surface area contributed by atoms with Crippen molar-refractivity contribution in [3.63, 3.8) is 0 Å². The molecule has 100 valence electrons. The topological polar surface area (TPSA) is 29.5 Å². The second kappa shape index (κ2) is 6.74. The number of ether oxygens (including phenoxy) is 1. The van der Waals surface area contributed by atoms with Crippen LogP contribution in [0, 0.1) is 5.92 Å². The van der Waals surface area contributed by atoms with Crippen LogP contribution < -0.4 is 0 Å². The fourth-order valence-electron chi connectivity index (χ4n) is 2.05. The molecule has 0 N–H and O–H groups in total. The van der Waals surface area contributed by atoms with Gasteiger partial charge in [-0.2, -0.15) is 0 Å². The van der Waals surface area contributed by atoms with Gasteiger partial charge < -0.3 is 9.64 Å². The number of piperidine rings is 1. The van der Waals surface area contributed by atoms with Gasteiger partial charge in [0, 0.05) is 18.4 Å². The Morgan fingerprint density at radius 1 is 1.47 bits per heavy atom. The van der Waals surface area contributed by atoms with Crippen LogP contribution in [0.25, 0.3) is 0 Å². The average Bonchev–Trinajstić information content (AvgIpc) is 2.26. The number of rotatable bonds is 4. The van der Waals surface area contributed by atoms with Crippen molar-refractivity contribution in [2.45, 2.75) is 45.6 Å². The minimum absolute atomic E-state index is 0.138. The maximum absolute atomic E-state index is 12.0. The van der Waals surface area contributed by atoms with Gasteiger partial charge in [-0.25, -0.2) is 0 Å².